The molecular formula is C17H23NO. The van der Waals surface area contributed by atoms with Crippen LogP contribution in [0.4, 0.5) is 0 Å². The Morgan fingerprint density at radius 3 is 2.68 bits per heavy atom. The fourth-order valence-corrected chi connectivity index (χ4v) is 3.73. The van der Waals surface area contributed by atoms with Crippen molar-refractivity contribution >= 4 is 5.91 Å². The van der Waals surface area contributed by atoms with Crippen LogP contribution in [0.5, 0.6) is 0 Å². The Morgan fingerprint density at radius 2 is 1.95 bits per heavy atom. The van der Waals surface area contributed by atoms with E-state index in [0.717, 1.165) is 25.3 Å². The highest BCUT2D eigenvalue weighted by Crippen LogP contribution is 2.32. The molecular weight excluding hydrogens is 234 g/mol. The molecule has 1 aliphatic heterocycles. The van der Waals surface area contributed by atoms with Gasteiger partial charge in [0.15, 0.2) is 0 Å². The van der Waals surface area contributed by atoms with Crippen LogP contribution in [-0.2, 0) is 11.2 Å². The van der Waals surface area contributed by atoms with Crippen LogP contribution < -0.4 is 0 Å². The number of amides is 1. The van der Waals surface area contributed by atoms with E-state index in [1.54, 1.807) is 0 Å². The van der Waals surface area contributed by atoms with Crippen molar-refractivity contribution in [3.05, 3.63) is 35.9 Å². The molecule has 2 unspecified atom stereocenters. The second-order valence-corrected chi connectivity index (χ2v) is 6.07. The van der Waals surface area contributed by atoms with Crippen LogP contribution in [0.25, 0.3) is 0 Å². The maximum atomic E-state index is 11.9. The van der Waals surface area contributed by atoms with E-state index < -0.39 is 0 Å². The van der Waals surface area contributed by atoms with Gasteiger partial charge in [-0.05, 0) is 43.6 Å². The van der Waals surface area contributed by atoms with Gasteiger partial charge >= 0.3 is 0 Å². The van der Waals surface area contributed by atoms with Gasteiger partial charge in [0, 0.05) is 19.0 Å². The Morgan fingerprint density at radius 1 is 1.11 bits per heavy atom. The molecule has 3 rings (SSSR count). The van der Waals surface area contributed by atoms with Crippen molar-refractivity contribution in [2.75, 3.05) is 6.54 Å². The lowest BCUT2D eigenvalue weighted by atomic mass is 9.81. The zero-order valence-electron chi connectivity index (χ0n) is 11.6. The summed E-state index contributed by atoms with van der Waals surface area (Å²) in [5.74, 6) is 1.15. The third-order valence-corrected chi connectivity index (χ3v) is 4.67. The molecule has 0 aromatic heterocycles. The van der Waals surface area contributed by atoms with Gasteiger partial charge in [-0.25, -0.2) is 0 Å². The molecule has 2 heteroatoms. The smallest absolute Gasteiger partial charge is 0.222 e. The van der Waals surface area contributed by atoms with Gasteiger partial charge in [-0.2, -0.15) is 0 Å². The van der Waals surface area contributed by atoms with Gasteiger partial charge in [0.25, 0.3) is 0 Å². The Labute approximate surface area is 115 Å². The SMILES string of the molecule is O=C1CCCN1C1CCCC(Cc2ccccc2)C1. The second-order valence-electron chi connectivity index (χ2n) is 6.07. The molecule has 19 heavy (non-hydrogen) atoms. The van der Waals surface area contributed by atoms with E-state index in [4.69, 9.17) is 0 Å². The molecule has 2 fully saturated rings. The average molecular weight is 257 g/mol. The van der Waals surface area contributed by atoms with Crippen LogP contribution in [0.1, 0.15) is 44.1 Å². The number of benzene rings is 1. The lowest BCUT2D eigenvalue weighted by Gasteiger charge is -2.35. The first kappa shape index (κ1) is 12.7. The second kappa shape index (κ2) is 5.77. The van der Waals surface area contributed by atoms with E-state index in [2.05, 4.69) is 35.2 Å². The monoisotopic (exact) mass is 257 g/mol. The molecule has 1 saturated carbocycles. The first-order chi connectivity index (χ1) is 9.33. The zero-order valence-corrected chi connectivity index (χ0v) is 11.6. The largest absolute Gasteiger partial charge is 0.340 e. The Bertz CT molecular complexity index is 428. The van der Waals surface area contributed by atoms with Crippen LogP contribution in [0, 0.1) is 5.92 Å². The highest BCUT2D eigenvalue weighted by molar-refractivity contribution is 5.78. The fraction of sp³-hybridized carbons (Fsp3) is 0.588. The number of rotatable bonds is 3. The molecule has 0 bridgehead atoms. The van der Waals surface area contributed by atoms with Crippen molar-refractivity contribution in [2.45, 2.75) is 51.0 Å². The molecule has 0 radical (unpaired) electrons. The summed E-state index contributed by atoms with van der Waals surface area (Å²) in [6.45, 7) is 1.00. The first-order valence-corrected chi connectivity index (χ1v) is 7.66. The topological polar surface area (TPSA) is 20.3 Å². The third-order valence-electron chi connectivity index (χ3n) is 4.67. The van der Waals surface area contributed by atoms with Crippen LogP contribution in [-0.4, -0.2) is 23.4 Å². The third kappa shape index (κ3) is 2.99. The van der Waals surface area contributed by atoms with Crippen LogP contribution in [0.15, 0.2) is 30.3 Å². The average Bonchev–Trinajstić information content (AvgIpc) is 2.86. The van der Waals surface area contributed by atoms with E-state index in [-0.39, 0.29) is 0 Å². The first-order valence-electron chi connectivity index (χ1n) is 7.66. The van der Waals surface area contributed by atoms with Crippen molar-refractivity contribution in [2.24, 2.45) is 5.92 Å². The molecule has 1 aliphatic carbocycles. The summed E-state index contributed by atoms with van der Waals surface area (Å²) in [7, 11) is 0. The summed E-state index contributed by atoms with van der Waals surface area (Å²) in [4.78, 5) is 14.0. The van der Waals surface area contributed by atoms with Gasteiger partial charge in [0.2, 0.25) is 5.91 Å². The summed E-state index contributed by atoms with van der Waals surface area (Å²) >= 11 is 0. The minimum Gasteiger partial charge on any atom is -0.340 e. The van der Waals surface area contributed by atoms with Crippen molar-refractivity contribution in [3.63, 3.8) is 0 Å². The van der Waals surface area contributed by atoms with E-state index in [0.29, 0.717) is 11.9 Å². The Hall–Kier alpha value is -1.31. The minimum absolute atomic E-state index is 0.394. The van der Waals surface area contributed by atoms with Crippen molar-refractivity contribution < 1.29 is 4.79 Å². The van der Waals surface area contributed by atoms with Crippen LogP contribution in [0.2, 0.25) is 0 Å². The van der Waals surface area contributed by atoms with Crippen molar-refractivity contribution in [3.8, 4) is 0 Å². The van der Waals surface area contributed by atoms with Gasteiger partial charge in [-0.1, -0.05) is 36.8 Å². The van der Waals surface area contributed by atoms with E-state index in [9.17, 15) is 4.79 Å². The fourth-order valence-electron chi connectivity index (χ4n) is 3.73. The molecule has 0 spiro atoms. The minimum atomic E-state index is 0.394. The predicted octanol–water partition coefficient (Wildman–Crippen LogP) is 3.41. The quantitative estimate of drug-likeness (QED) is 0.812. The molecule has 1 saturated heterocycles. The van der Waals surface area contributed by atoms with E-state index >= 15 is 0 Å². The summed E-state index contributed by atoms with van der Waals surface area (Å²) in [5.41, 5.74) is 1.45. The van der Waals surface area contributed by atoms with Gasteiger partial charge in [-0.15, -0.1) is 0 Å². The molecule has 1 aromatic rings. The molecule has 2 nitrogen and oxygen atoms in total. The van der Waals surface area contributed by atoms with Crippen molar-refractivity contribution in [1.82, 2.24) is 4.90 Å². The van der Waals surface area contributed by atoms with Crippen molar-refractivity contribution in [1.29, 1.82) is 0 Å². The molecule has 1 aromatic carbocycles. The standard InChI is InChI=1S/C17H23NO/c19-17-10-5-11-18(17)16-9-4-8-15(13-16)12-14-6-2-1-3-7-14/h1-3,6-7,15-16H,4-5,8-13H2. The molecule has 0 N–H and O–H groups in total. The zero-order chi connectivity index (χ0) is 13.1. The highest BCUT2D eigenvalue weighted by atomic mass is 16.2. The summed E-state index contributed by atoms with van der Waals surface area (Å²) in [6.07, 6.45) is 8.06. The molecule has 2 atom stereocenters. The number of hydrogen-bond donors (Lipinski definition) is 0. The summed E-state index contributed by atoms with van der Waals surface area (Å²) < 4.78 is 0. The Balaban J connectivity index is 1.60. The maximum Gasteiger partial charge on any atom is 0.222 e. The predicted molar refractivity (Wildman–Crippen MR) is 76.8 cm³/mol. The lowest BCUT2D eigenvalue weighted by Crippen LogP contribution is -2.39. The normalized spacial score (nSPS) is 27.8. The van der Waals surface area contributed by atoms with Crippen LogP contribution in [0.3, 0.4) is 0 Å². The van der Waals surface area contributed by atoms with E-state index in [1.165, 1.54) is 37.7 Å². The Kier molecular flexibility index (Phi) is 3.86. The lowest BCUT2D eigenvalue weighted by molar-refractivity contribution is -0.130. The highest BCUT2D eigenvalue weighted by Gasteiger charge is 2.31. The van der Waals surface area contributed by atoms with Gasteiger partial charge in [-0.3, -0.25) is 4.79 Å². The molecule has 102 valence electrons. The summed E-state index contributed by atoms with van der Waals surface area (Å²) in [5, 5.41) is 0. The number of hydrogen-bond acceptors (Lipinski definition) is 1. The van der Waals surface area contributed by atoms with Gasteiger partial charge < -0.3 is 4.90 Å². The summed E-state index contributed by atoms with van der Waals surface area (Å²) in [6, 6.07) is 11.3. The van der Waals surface area contributed by atoms with Gasteiger partial charge in [0.05, 0.1) is 0 Å². The maximum absolute atomic E-state index is 11.9. The van der Waals surface area contributed by atoms with Gasteiger partial charge in [0.1, 0.15) is 0 Å². The molecule has 1 heterocycles. The molecule has 2 aliphatic rings. The van der Waals surface area contributed by atoms with E-state index in [1.807, 2.05) is 0 Å². The number of carbonyl (C=O) groups excluding carboxylic acids is 1. The number of likely N-dealkylation sites (tertiary alicyclic amines) is 1. The number of carbonyl (C=O) groups is 1. The molecule has 1 amide bonds. The number of nitrogens with zero attached hydrogens (tertiary/aromatic N) is 1. The van der Waals surface area contributed by atoms with Crippen LogP contribution >= 0.6 is 0 Å².